The highest BCUT2D eigenvalue weighted by Crippen LogP contribution is 2.20. The van der Waals surface area contributed by atoms with Crippen molar-refractivity contribution >= 4 is 5.69 Å². The van der Waals surface area contributed by atoms with E-state index in [-0.39, 0.29) is 11.4 Å². The van der Waals surface area contributed by atoms with E-state index in [2.05, 4.69) is 10.1 Å². The number of rotatable bonds is 7. The lowest BCUT2D eigenvalue weighted by molar-refractivity contribution is -0.0498. The van der Waals surface area contributed by atoms with Gasteiger partial charge in [-0.05, 0) is 32.4 Å². The van der Waals surface area contributed by atoms with Gasteiger partial charge in [0.1, 0.15) is 5.75 Å². The highest BCUT2D eigenvalue weighted by atomic mass is 19.3. The first-order chi connectivity index (χ1) is 8.43. The van der Waals surface area contributed by atoms with Crippen LogP contribution in [-0.2, 0) is 4.74 Å². The van der Waals surface area contributed by atoms with E-state index in [9.17, 15) is 8.78 Å². The number of alkyl halides is 2. The molecule has 1 N–H and O–H groups in total. The number of benzene rings is 1. The van der Waals surface area contributed by atoms with Crippen molar-refractivity contribution < 1.29 is 18.3 Å². The van der Waals surface area contributed by atoms with Crippen molar-refractivity contribution in [3.8, 4) is 5.75 Å². The summed E-state index contributed by atoms with van der Waals surface area (Å²) in [6, 6.07) is 6.52. The average Bonchev–Trinajstić information content (AvgIpc) is 2.28. The zero-order valence-electron chi connectivity index (χ0n) is 10.9. The SMILES string of the molecule is COC(C)(C)CCNc1cccc(OC(F)F)c1. The predicted octanol–water partition coefficient (Wildman–Crippen LogP) is 3.52. The van der Waals surface area contributed by atoms with E-state index < -0.39 is 6.61 Å². The van der Waals surface area contributed by atoms with E-state index in [0.717, 1.165) is 12.1 Å². The summed E-state index contributed by atoms with van der Waals surface area (Å²) < 4.78 is 33.7. The van der Waals surface area contributed by atoms with Crippen LogP contribution in [0.15, 0.2) is 24.3 Å². The largest absolute Gasteiger partial charge is 0.435 e. The maximum atomic E-state index is 12.0. The Morgan fingerprint density at radius 3 is 2.67 bits per heavy atom. The molecule has 0 fully saturated rings. The van der Waals surface area contributed by atoms with Crippen molar-refractivity contribution in [3.63, 3.8) is 0 Å². The third kappa shape index (κ3) is 5.31. The molecule has 0 aliphatic carbocycles. The number of anilines is 1. The maximum Gasteiger partial charge on any atom is 0.387 e. The Morgan fingerprint density at radius 1 is 1.33 bits per heavy atom. The first-order valence-electron chi connectivity index (χ1n) is 5.77. The van der Waals surface area contributed by atoms with Crippen LogP contribution in [0.2, 0.25) is 0 Å². The Balaban J connectivity index is 2.47. The van der Waals surface area contributed by atoms with Gasteiger partial charge in [0.2, 0.25) is 0 Å². The number of halogens is 2. The van der Waals surface area contributed by atoms with Crippen LogP contribution >= 0.6 is 0 Å². The number of hydrogen-bond donors (Lipinski definition) is 1. The summed E-state index contributed by atoms with van der Waals surface area (Å²) in [7, 11) is 1.66. The third-order valence-corrected chi connectivity index (χ3v) is 2.67. The van der Waals surface area contributed by atoms with Crippen molar-refractivity contribution in [2.24, 2.45) is 0 Å². The Bertz CT molecular complexity index is 370. The molecule has 18 heavy (non-hydrogen) atoms. The quantitative estimate of drug-likeness (QED) is 0.812. The van der Waals surface area contributed by atoms with Gasteiger partial charge >= 0.3 is 6.61 Å². The van der Waals surface area contributed by atoms with Gasteiger partial charge in [-0.3, -0.25) is 0 Å². The molecule has 0 aromatic heterocycles. The molecular weight excluding hydrogens is 240 g/mol. The summed E-state index contributed by atoms with van der Waals surface area (Å²) in [6.45, 7) is 1.88. The average molecular weight is 259 g/mol. The predicted molar refractivity (Wildman–Crippen MR) is 67.3 cm³/mol. The minimum atomic E-state index is -2.80. The van der Waals surface area contributed by atoms with E-state index in [4.69, 9.17) is 4.74 Å². The second-order valence-electron chi connectivity index (χ2n) is 4.55. The molecule has 3 nitrogen and oxygen atoms in total. The summed E-state index contributed by atoms with van der Waals surface area (Å²) in [6.07, 6.45) is 0.809. The monoisotopic (exact) mass is 259 g/mol. The van der Waals surface area contributed by atoms with Gasteiger partial charge in [0.05, 0.1) is 5.60 Å². The molecule has 0 spiro atoms. The molecule has 5 heteroatoms. The fourth-order valence-electron chi connectivity index (χ4n) is 1.39. The molecule has 1 aromatic rings. The van der Waals surface area contributed by atoms with E-state index >= 15 is 0 Å². The zero-order chi connectivity index (χ0) is 13.6. The van der Waals surface area contributed by atoms with E-state index in [0.29, 0.717) is 6.54 Å². The standard InChI is InChI=1S/C13H19F2NO2/c1-13(2,17-3)7-8-16-10-5-4-6-11(9-10)18-12(14)15/h4-6,9,12,16H,7-8H2,1-3H3. The van der Waals surface area contributed by atoms with Crippen LogP contribution in [0.3, 0.4) is 0 Å². The van der Waals surface area contributed by atoms with Gasteiger partial charge in [0.25, 0.3) is 0 Å². The number of hydrogen-bond acceptors (Lipinski definition) is 3. The van der Waals surface area contributed by atoms with Crippen LogP contribution in [0.1, 0.15) is 20.3 Å². The molecule has 0 unspecified atom stereocenters. The van der Waals surface area contributed by atoms with Gasteiger partial charge in [0, 0.05) is 25.4 Å². The minimum absolute atomic E-state index is 0.154. The van der Waals surface area contributed by atoms with Gasteiger partial charge in [-0.1, -0.05) is 6.07 Å². The smallest absolute Gasteiger partial charge is 0.387 e. The van der Waals surface area contributed by atoms with E-state index in [1.54, 1.807) is 25.3 Å². The normalized spacial score (nSPS) is 11.7. The topological polar surface area (TPSA) is 30.5 Å². The molecule has 0 radical (unpaired) electrons. The lowest BCUT2D eigenvalue weighted by atomic mass is 10.1. The van der Waals surface area contributed by atoms with Crippen LogP contribution in [0.5, 0.6) is 5.75 Å². The highest BCUT2D eigenvalue weighted by Gasteiger charge is 2.15. The second-order valence-corrected chi connectivity index (χ2v) is 4.55. The van der Waals surface area contributed by atoms with Crippen LogP contribution in [-0.4, -0.2) is 25.9 Å². The molecule has 0 saturated carbocycles. The molecule has 1 aromatic carbocycles. The molecule has 0 aliphatic rings. The van der Waals surface area contributed by atoms with Crippen LogP contribution in [0.4, 0.5) is 14.5 Å². The minimum Gasteiger partial charge on any atom is -0.435 e. The van der Waals surface area contributed by atoms with Crippen molar-refractivity contribution in [2.45, 2.75) is 32.5 Å². The van der Waals surface area contributed by atoms with Gasteiger partial charge < -0.3 is 14.8 Å². The number of ether oxygens (including phenoxy) is 2. The molecular formula is C13H19F2NO2. The molecule has 0 aliphatic heterocycles. The number of nitrogens with one attached hydrogen (secondary N) is 1. The molecule has 0 atom stereocenters. The van der Waals surface area contributed by atoms with Crippen LogP contribution in [0.25, 0.3) is 0 Å². The summed E-state index contributed by atoms with van der Waals surface area (Å²) >= 11 is 0. The van der Waals surface area contributed by atoms with Crippen molar-refractivity contribution in [2.75, 3.05) is 19.0 Å². The van der Waals surface area contributed by atoms with Crippen molar-refractivity contribution in [3.05, 3.63) is 24.3 Å². The Hall–Kier alpha value is -1.36. The van der Waals surface area contributed by atoms with Crippen molar-refractivity contribution in [1.29, 1.82) is 0 Å². The fourth-order valence-corrected chi connectivity index (χ4v) is 1.39. The highest BCUT2D eigenvalue weighted by molar-refractivity contribution is 5.48. The number of methoxy groups -OCH3 is 1. The zero-order valence-corrected chi connectivity index (χ0v) is 10.9. The Morgan fingerprint density at radius 2 is 2.06 bits per heavy atom. The summed E-state index contributed by atoms with van der Waals surface area (Å²) in [5, 5.41) is 3.14. The van der Waals surface area contributed by atoms with Crippen molar-refractivity contribution in [1.82, 2.24) is 0 Å². The van der Waals surface area contributed by atoms with Crippen LogP contribution < -0.4 is 10.1 Å². The molecule has 0 heterocycles. The first-order valence-corrected chi connectivity index (χ1v) is 5.77. The summed E-state index contributed by atoms with van der Waals surface area (Å²) in [5.74, 6) is 0.154. The maximum absolute atomic E-state index is 12.0. The van der Waals surface area contributed by atoms with Gasteiger partial charge in [-0.2, -0.15) is 8.78 Å². The second kappa shape index (κ2) is 6.54. The van der Waals surface area contributed by atoms with E-state index in [1.165, 1.54) is 6.07 Å². The molecule has 1 rings (SSSR count). The molecule has 0 saturated heterocycles. The van der Waals surface area contributed by atoms with Gasteiger partial charge in [0.15, 0.2) is 0 Å². The lowest BCUT2D eigenvalue weighted by Crippen LogP contribution is -2.25. The van der Waals surface area contributed by atoms with E-state index in [1.807, 2.05) is 13.8 Å². The molecule has 0 bridgehead atoms. The lowest BCUT2D eigenvalue weighted by Gasteiger charge is -2.23. The first kappa shape index (κ1) is 14.7. The summed E-state index contributed by atoms with van der Waals surface area (Å²) in [4.78, 5) is 0. The Kier molecular flexibility index (Phi) is 5.34. The molecule has 102 valence electrons. The Labute approximate surface area is 106 Å². The fraction of sp³-hybridized carbons (Fsp3) is 0.538. The summed E-state index contributed by atoms with van der Waals surface area (Å²) in [5.41, 5.74) is 0.546. The third-order valence-electron chi connectivity index (χ3n) is 2.67. The van der Waals surface area contributed by atoms with Gasteiger partial charge in [-0.15, -0.1) is 0 Å². The van der Waals surface area contributed by atoms with Gasteiger partial charge in [-0.25, -0.2) is 0 Å². The van der Waals surface area contributed by atoms with Crippen LogP contribution in [0, 0.1) is 0 Å². The molecule has 0 amide bonds.